The number of amides is 1. The molecule has 124 valence electrons. The van der Waals surface area contributed by atoms with E-state index < -0.39 is 9.84 Å². The molecule has 0 radical (unpaired) electrons. The van der Waals surface area contributed by atoms with Gasteiger partial charge in [-0.2, -0.15) is 5.10 Å². The summed E-state index contributed by atoms with van der Waals surface area (Å²) >= 11 is 0. The fourth-order valence-electron chi connectivity index (χ4n) is 2.12. The van der Waals surface area contributed by atoms with Gasteiger partial charge in [-0.1, -0.05) is 18.2 Å². The molecule has 0 saturated heterocycles. The van der Waals surface area contributed by atoms with Gasteiger partial charge in [0.25, 0.3) is 0 Å². The number of hydrogen-bond acceptors (Lipinski definition) is 4. The number of aryl methyl sites for hydroxylation is 1. The van der Waals surface area contributed by atoms with E-state index in [0.29, 0.717) is 25.8 Å². The summed E-state index contributed by atoms with van der Waals surface area (Å²) in [6, 6.07) is 9.76. The van der Waals surface area contributed by atoms with Gasteiger partial charge < -0.3 is 5.32 Å². The summed E-state index contributed by atoms with van der Waals surface area (Å²) in [7, 11) is -2.96. The van der Waals surface area contributed by atoms with Gasteiger partial charge in [0.2, 0.25) is 5.91 Å². The highest BCUT2D eigenvalue weighted by Gasteiger charge is 2.06. The monoisotopic (exact) mass is 335 g/mol. The molecule has 0 fully saturated rings. The number of sulfone groups is 1. The predicted molar refractivity (Wildman–Crippen MR) is 89.2 cm³/mol. The van der Waals surface area contributed by atoms with E-state index in [1.54, 1.807) is 10.9 Å². The second kappa shape index (κ2) is 7.92. The van der Waals surface area contributed by atoms with Gasteiger partial charge in [-0.3, -0.25) is 4.79 Å². The van der Waals surface area contributed by atoms with E-state index >= 15 is 0 Å². The van der Waals surface area contributed by atoms with Crippen LogP contribution in [0.25, 0.3) is 5.69 Å². The van der Waals surface area contributed by atoms with E-state index in [4.69, 9.17) is 0 Å². The summed E-state index contributed by atoms with van der Waals surface area (Å²) in [5.74, 6) is 0.0166. The highest BCUT2D eigenvalue weighted by atomic mass is 32.2. The van der Waals surface area contributed by atoms with Gasteiger partial charge in [-0.05, 0) is 30.5 Å². The molecule has 0 unspecified atom stereocenters. The van der Waals surface area contributed by atoms with Crippen LogP contribution in [0.4, 0.5) is 0 Å². The molecule has 7 heteroatoms. The minimum Gasteiger partial charge on any atom is -0.356 e. The van der Waals surface area contributed by atoms with Gasteiger partial charge in [0.05, 0.1) is 17.6 Å². The fourth-order valence-corrected chi connectivity index (χ4v) is 2.79. The lowest BCUT2D eigenvalue weighted by atomic mass is 10.2. The Morgan fingerprint density at radius 2 is 2.00 bits per heavy atom. The van der Waals surface area contributed by atoms with Gasteiger partial charge >= 0.3 is 0 Å². The number of rotatable bonds is 8. The average molecular weight is 335 g/mol. The van der Waals surface area contributed by atoms with Crippen LogP contribution in [0.3, 0.4) is 0 Å². The Morgan fingerprint density at radius 3 is 2.70 bits per heavy atom. The quantitative estimate of drug-likeness (QED) is 0.739. The molecule has 1 aromatic heterocycles. The third-order valence-electron chi connectivity index (χ3n) is 3.31. The Labute approximate surface area is 136 Å². The average Bonchev–Trinajstić information content (AvgIpc) is 2.98. The highest BCUT2D eigenvalue weighted by Crippen LogP contribution is 2.09. The van der Waals surface area contributed by atoms with Crippen LogP contribution in [-0.4, -0.2) is 42.7 Å². The molecule has 0 aliphatic carbocycles. The second-order valence-electron chi connectivity index (χ2n) is 5.46. The second-order valence-corrected chi connectivity index (χ2v) is 7.72. The molecule has 1 amide bonds. The fraction of sp³-hybridized carbons (Fsp3) is 0.375. The molecular formula is C16H21N3O3S. The molecule has 23 heavy (non-hydrogen) atoms. The van der Waals surface area contributed by atoms with Crippen LogP contribution < -0.4 is 5.32 Å². The molecule has 1 heterocycles. The topological polar surface area (TPSA) is 81.1 Å². The largest absolute Gasteiger partial charge is 0.356 e. The number of hydrogen-bond donors (Lipinski definition) is 1. The lowest BCUT2D eigenvalue weighted by Crippen LogP contribution is -2.26. The van der Waals surface area contributed by atoms with Crippen LogP contribution in [0.15, 0.2) is 42.7 Å². The van der Waals surface area contributed by atoms with Gasteiger partial charge in [0, 0.05) is 25.4 Å². The van der Waals surface area contributed by atoms with Crippen molar-refractivity contribution in [2.75, 3.05) is 18.6 Å². The Morgan fingerprint density at radius 1 is 1.26 bits per heavy atom. The first kappa shape index (κ1) is 17.2. The van der Waals surface area contributed by atoms with E-state index in [1.165, 1.54) is 6.26 Å². The van der Waals surface area contributed by atoms with Crippen LogP contribution in [0.2, 0.25) is 0 Å². The van der Waals surface area contributed by atoms with Crippen molar-refractivity contribution in [3.63, 3.8) is 0 Å². The Balaban J connectivity index is 1.74. The van der Waals surface area contributed by atoms with Gasteiger partial charge in [0.1, 0.15) is 9.84 Å². The number of carbonyl (C=O) groups excluding carboxylic acids is 1. The molecular weight excluding hydrogens is 314 g/mol. The number of benzene rings is 1. The number of nitrogens with zero attached hydrogens (tertiary/aromatic N) is 2. The van der Waals surface area contributed by atoms with Crippen molar-refractivity contribution >= 4 is 15.7 Å². The summed E-state index contributed by atoms with van der Waals surface area (Å²) in [4.78, 5) is 11.7. The van der Waals surface area contributed by atoms with Crippen molar-refractivity contribution in [3.05, 3.63) is 48.3 Å². The zero-order chi connectivity index (χ0) is 16.7. The summed E-state index contributed by atoms with van der Waals surface area (Å²) in [6.07, 6.45) is 6.26. The van der Waals surface area contributed by atoms with Crippen molar-refractivity contribution in [1.29, 1.82) is 0 Å². The van der Waals surface area contributed by atoms with Crippen LogP contribution in [0.1, 0.15) is 18.4 Å². The maximum absolute atomic E-state index is 11.7. The van der Waals surface area contributed by atoms with E-state index in [0.717, 1.165) is 11.3 Å². The van der Waals surface area contributed by atoms with Gasteiger partial charge in [-0.15, -0.1) is 0 Å². The van der Waals surface area contributed by atoms with Gasteiger partial charge in [-0.25, -0.2) is 13.1 Å². The molecule has 6 nitrogen and oxygen atoms in total. The Bertz CT molecular complexity index is 739. The zero-order valence-electron chi connectivity index (χ0n) is 13.1. The SMILES string of the molecule is CS(=O)(=O)CCCNC(=O)CCc1cnn(-c2ccccc2)c1. The van der Waals surface area contributed by atoms with Crippen LogP contribution in [0, 0.1) is 0 Å². The van der Waals surface area contributed by atoms with E-state index in [-0.39, 0.29) is 11.7 Å². The van der Waals surface area contributed by atoms with E-state index in [9.17, 15) is 13.2 Å². The standard InChI is InChI=1S/C16H21N3O3S/c1-23(21,22)11-5-10-17-16(20)9-8-14-12-18-19(13-14)15-6-3-2-4-7-15/h2-4,6-7,12-13H,5,8-11H2,1H3,(H,17,20). The molecule has 0 aliphatic rings. The lowest BCUT2D eigenvalue weighted by Gasteiger charge is -2.04. The molecule has 0 spiro atoms. The third-order valence-corrected chi connectivity index (χ3v) is 4.34. The number of carbonyl (C=O) groups is 1. The van der Waals surface area contributed by atoms with E-state index in [1.807, 2.05) is 36.5 Å². The molecule has 0 atom stereocenters. The van der Waals surface area contributed by atoms with Gasteiger partial charge in [0.15, 0.2) is 0 Å². The van der Waals surface area contributed by atoms with E-state index in [2.05, 4.69) is 10.4 Å². The Kier molecular flexibility index (Phi) is 5.92. The molecule has 0 aliphatic heterocycles. The summed E-state index contributed by atoms with van der Waals surface area (Å²) in [6.45, 7) is 0.384. The summed E-state index contributed by atoms with van der Waals surface area (Å²) in [5.41, 5.74) is 1.96. The van der Waals surface area contributed by atoms with Crippen LogP contribution >= 0.6 is 0 Å². The molecule has 2 aromatic rings. The first-order chi connectivity index (χ1) is 10.9. The third kappa shape index (κ3) is 6.23. The molecule has 1 N–H and O–H groups in total. The number of aromatic nitrogens is 2. The molecule has 2 rings (SSSR count). The predicted octanol–water partition coefficient (Wildman–Crippen LogP) is 1.36. The first-order valence-corrected chi connectivity index (χ1v) is 9.53. The first-order valence-electron chi connectivity index (χ1n) is 7.47. The Hall–Kier alpha value is -2.15. The summed E-state index contributed by atoms with van der Waals surface area (Å²) < 4.78 is 23.7. The van der Waals surface area contributed by atoms with Crippen LogP contribution in [0.5, 0.6) is 0 Å². The summed E-state index contributed by atoms with van der Waals surface area (Å²) in [5, 5.41) is 7.02. The molecule has 1 aromatic carbocycles. The molecule has 0 bridgehead atoms. The van der Waals surface area contributed by atoms with Crippen molar-refractivity contribution in [2.45, 2.75) is 19.3 Å². The number of para-hydroxylation sites is 1. The minimum atomic E-state index is -2.96. The van der Waals surface area contributed by atoms with Crippen molar-refractivity contribution < 1.29 is 13.2 Å². The lowest BCUT2D eigenvalue weighted by molar-refractivity contribution is -0.121. The highest BCUT2D eigenvalue weighted by molar-refractivity contribution is 7.90. The maximum atomic E-state index is 11.7. The van der Waals surface area contributed by atoms with Crippen LogP contribution in [-0.2, 0) is 21.1 Å². The molecule has 0 saturated carbocycles. The smallest absolute Gasteiger partial charge is 0.220 e. The minimum absolute atomic E-state index is 0.0778. The van der Waals surface area contributed by atoms with Crippen molar-refractivity contribution in [1.82, 2.24) is 15.1 Å². The number of nitrogens with one attached hydrogen (secondary N) is 1. The van der Waals surface area contributed by atoms with Crippen molar-refractivity contribution in [2.24, 2.45) is 0 Å². The maximum Gasteiger partial charge on any atom is 0.220 e. The normalized spacial score (nSPS) is 11.3. The van der Waals surface area contributed by atoms with Crippen molar-refractivity contribution in [3.8, 4) is 5.69 Å². The zero-order valence-corrected chi connectivity index (χ0v) is 13.9.